The molecule has 1 rings (SSSR count). The number of nitrogens with two attached hydrogens (primary N) is 1. The molecule has 0 radical (unpaired) electrons. The van der Waals surface area contributed by atoms with Gasteiger partial charge in [-0.15, -0.1) is 0 Å². The zero-order valence-corrected chi connectivity index (χ0v) is 5.54. The molecule has 5 nitrogen and oxygen atoms in total. The molecule has 0 atom stereocenters. The number of phosphoric ester groups is 1. The van der Waals surface area contributed by atoms with Crippen LogP contribution in [-0.4, -0.2) is 15.5 Å². The lowest BCUT2D eigenvalue weighted by molar-refractivity contribution is 0.121. The third-order valence-corrected chi connectivity index (χ3v) is 1.64. The predicted octanol–water partition coefficient (Wildman–Crippen LogP) is -0.456. The van der Waals surface area contributed by atoms with E-state index >= 15 is 0 Å². The van der Waals surface area contributed by atoms with Gasteiger partial charge in [-0.3, -0.25) is 4.52 Å². The van der Waals surface area contributed by atoms with Crippen molar-refractivity contribution in [2.24, 2.45) is 5.73 Å². The van der Waals surface area contributed by atoms with Crippen LogP contribution in [0.4, 0.5) is 0 Å². The van der Waals surface area contributed by atoms with Crippen LogP contribution in [0.25, 0.3) is 0 Å². The highest BCUT2D eigenvalue weighted by Gasteiger charge is 2.45. The Morgan fingerprint density at radius 3 is 2.11 bits per heavy atom. The maximum atomic E-state index is 10.1. The van der Waals surface area contributed by atoms with Crippen LogP contribution in [0.15, 0.2) is 0 Å². The van der Waals surface area contributed by atoms with Crippen molar-refractivity contribution in [2.75, 3.05) is 0 Å². The van der Waals surface area contributed by atoms with Crippen LogP contribution in [0.5, 0.6) is 0 Å². The van der Waals surface area contributed by atoms with Gasteiger partial charge >= 0.3 is 7.82 Å². The standard InChI is InChI=1S/C3H8NO4P/c4-3(1-2-3)8-9(5,6)7/h1-2,4H2,(H2,5,6,7). The maximum Gasteiger partial charge on any atom is 0.471 e. The van der Waals surface area contributed by atoms with Crippen molar-refractivity contribution in [1.82, 2.24) is 0 Å². The minimum Gasteiger partial charge on any atom is -0.303 e. The number of phosphoric acid groups is 1. The molecule has 54 valence electrons. The summed E-state index contributed by atoms with van der Waals surface area (Å²) in [5, 5.41) is 0. The van der Waals surface area contributed by atoms with Crippen LogP contribution in [0, 0.1) is 0 Å². The normalized spacial score (nSPS) is 23.9. The van der Waals surface area contributed by atoms with Crippen molar-refractivity contribution in [2.45, 2.75) is 18.6 Å². The fourth-order valence-electron chi connectivity index (χ4n) is 0.451. The first-order chi connectivity index (χ1) is 3.91. The summed E-state index contributed by atoms with van der Waals surface area (Å²) in [7, 11) is -4.35. The molecule has 0 saturated heterocycles. The van der Waals surface area contributed by atoms with Crippen molar-refractivity contribution in [3.8, 4) is 0 Å². The second kappa shape index (κ2) is 1.78. The third-order valence-electron chi connectivity index (χ3n) is 1.04. The molecule has 1 aliphatic rings. The van der Waals surface area contributed by atoms with Gasteiger partial charge in [0.1, 0.15) is 5.72 Å². The maximum absolute atomic E-state index is 10.1. The van der Waals surface area contributed by atoms with Crippen molar-refractivity contribution in [3.63, 3.8) is 0 Å². The molecule has 0 amide bonds. The fourth-order valence-corrected chi connectivity index (χ4v) is 1.11. The first kappa shape index (κ1) is 7.18. The number of hydrogen-bond acceptors (Lipinski definition) is 3. The summed E-state index contributed by atoms with van der Waals surface area (Å²) in [6.07, 6.45) is 1.05. The van der Waals surface area contributed by atoms with E-state index in [1.54, 1.807) is 0 Å². The third kappa shape index (κ3) is 2.43. The molecule has 0 spiro atoms. The smallest absolute Gasteiger partial charge is 0.303 e. The highest BCUT2D eigenvalue weighted by molar-refractivity contribution is 7.46. The van der Waals surface area contributed by atoms with Crippen LogP contribution in [-0.2, 0) is 9.09 Å². The van der Waals surface area contributed by atoms with Gasteiger partial charge in [-0.25, -0.2) is 4.57 Å². The lowest BCUT2D eigenvalue weighted by atomic mass is 10.7. The first-order valence-electron chi connectivity index (χ1n) is 2.47. The molecule has 0 unspecified atom stereocenters. The quantitative estimate of drug-likeness (QED) is 0.369. The molecular weight excluding hydrogens is 145 g/mol. The van der Waals surface area contributed by atoms with Gasteiger partial charge in [0.2, 0.25) is 0 Å². The summed E-state index contributed by atoms with van der Waals surface area (Å²) < 4.78 is 14.3. The minimum atomic E-state index is -4.35. The summed E-state index contributed by atoms with van der Waals surface area (Å²) in [5.74, 6) is 0. The van der Waals surface area contributed by atoms with Crippen LogP contribution in [0.3, 0.4) is 0 Å². The van der Waals surface area contributed by atoms with Gasteiger partial charge in [-0.2, -0.15) is 0 Å². The van der Waals surface area contributed by atoms with E-state index in [0.717, 1.165) is 0 Å². The van der Waals surface area contributed by atoms with E-state index in [-0.39, 0.29) is 0 Å². The van der Waals surface area contributed by atoms with Crippen molar-refractivity contribution < 1.29 is 18.9 Å². The Kier molecular flexibility index (Phi) is 1.42. The average Bonchev–Trinajstić information content (AvgIpc) is 2.12. The number of hydrogen-bond donors (Lipinski definition) is 3. The SMILES string of the molecule is NC1(OP(=O)(O)O)CC1. The molecule has 0 aliphatic heterocycles. The van der Waals surface area contributed by atoms with Gasteiger partial charge in [-0.05, 0) is 12.8 Å². The lowest BCUT2D eigenvalue weighted by Crippen LogP contribution is -2.23. The highest BCUT2D eigenvalue weighted by atomic mass is 31.2. The Morgan fingerprint density at radius 1 is 1.56 bits per heavy atom. The predicted molar refractivity (Wildman–Crippen MR) is 29.3 cm³/mol. The summed E-state index contributed by atoms with van der Waals surface area (Å²) in [6, 6.07) is 0. The molecule has 0 aromatic rings. The topological polar surface area (TPSA) is 92.8 Å². The van der Waals surface area contributed by atoms with E-state index in [2.05, 4.69) is 4.52 Å². The Balaban J connectivity index is 2.43. The van der Waals surface area contributed by atoms with E-state index in [1.165, 1.54) is 0 Å². The fraction of sp³-hybridized carbons (Fsp3) is 1.00. The number of rotatable bonds is 2. The van der Waals surface area contributed by atoms with E-state index in [9.17, 15) is 4.57 Å². The second-order valence-corrected chi connectivity index (χ2v) is 3.31. The van der Waals surface area contributed by atoms with E-state index in [1.807, 2.05) is 0 Å². The van der Waals surface area contributed by atoms with Crippen LogP contribution in [0.2, 0.25) is 0 Å². The molecule has 1 fully saturated rings. The van der Waals surface area contributed by atoms with Crippen LogP contribution >= 0.6 is 7.82 Å². The summed E-state index contributed by atoms with van der Waals surface area (Å²) in [5.41, 5.74) is 4.19. The van der Waals surface area contributed by atoms with Gasteiger partial charge in [0, 0.05) is 0 Å². The lowest BCUT2D eigenvalue weighted by Gasteiger charge is -2.09. The van der Waals surface area contributed by atoms with Crippen LogP contribution < -0.4 is 5.73 Å². The summed E-state index contributed by atoms with van der Waals surface area (Å²) in [4.78, 5) is 16.4. The monoisotopic (exact) mass is 153 g/mol. The molecular formula is C3H8NO4P. The minimum absolute atomic E-state index is 0.526. The molecule has 9 heavy (non-hydrogen) atoms. The van der Waals surface area contributed by atoms with Gasteiger partial charge < -0.3 is 15.5 Å². The summed E-state index contributed by atoms with van der Waals surface area (Å²) in [6.45, 7) is 0. The second-order valence-electron chi connectivity index (χ2n) is 2.15. The van der Waals surface area contributed by atoms with Gasteiger partial charge in [0.25, 0.3) is 0 Å². The summed E-state index contributed by atoms with van der Waals surface area (Å²) >= 11 is 0. The van der Waals surface area contributed by atoms with E-state index in [4.69, 9.17) is 15.5 Å². The van der Waals surface area contributed by atoms with E-state index in [0.29, 0.717) is 12.8 Å². The van der Waals surface area contributed by atoms with E-state index < -0.39 is 13.5 Å². The largest absolute Gasteiger partial charge is 0.471 e. The van der Waals surface area contributed by atoms with Crippen LogP contribution in [0.1, 0.15) is 12.8 Å². The zero-order valence-electron chi connectivity index (χ0n) is 4.65. The molecule has 0 aromatic carbocycles. The Morgan fingerprint density at radius 2 is 2.00 bits per heavy atom. The molecule has 1 saturated carbocycles. The van der Waals surface area contributed by atoms with Crippen molar-refractivity contribution in [3.05, 3.63) is 0 Å². The first-order valence-corrected chi connectivity index (χ1v) is 4.00. The molecule has 0 bridgehead atoms. The molecule has 0 aromatic heterocycles. The molecule has 4 N–H and O–H groups in total. The van der Waals surface area contributed by atoms with Gasteiger partial charge in [0.05, 0.1) is 0 Å². The Hall–Kier alpha value is 0.0700. The molecule has 0 heterocycles. The Labute approximate surface area is 52.1 Å². The average molecular weight is 153 g/mol. The van der Waals surface area contributed by atoms with Crippen molar-refractivity contribution in [1.29, 1.82) is 0 Å². The highest BCUT2D eigenvalue weighted by Crippen LogP contribution is 2.48. The molecule has 1 aliphatic carbocycles. The zero-order chi connectivity index (χ0) is 7.12. The molecule has 6 heteroatoms. The van der Waals surface area contributed by atoms with Gasteiger partial charge in [0.15, 0.2) is 0 Å². The van der Waals surface area contributed by atoms with Crippen molar-refractivity contribution >= 4 is 7.82 Å². The Bertz CT molecular complexity index is 159. The van der Waals surface area contributed by atoms with Gasteiger partial charge in [-0.1, -0.05) is 0 Å².